The summed E-state index contributed by atoms with van der Waals surface area (Å²) in [5, 5.41) is 13.2. The molecular formula is C13H21NO3. The standard InChI is InChI=1S/C13H21NO3/c1-13(2,15)12(14-3)10-7-6-9(16-4)8-11(10)17-5/h6-8,12,14-15H,1-5H3. The molecule has 0 radical (unpaired) electrons. The van der Waals surface area contributed by atoms with Crippen molar-refractivity contribution in [1.82, 2.24) is 5.32 Å². The number of benzene rings is 1. The number of ether oxygens (including phenoxy) is 2. The molecule has 4 heteroatoms. The van der Waals surface area contributed by atoms with Gasteiger partial charge in [0.2, 0.25) is 0 Å². The van der Waals surface area contributed by atoms with Gasteiger partial charge in [0, 0.05) is 11.6 Å². The molecule has 1 atom stereocenters. The van der Waals surface area contributed by atoms with Crippen LogP contribution in [0, 0.1) is 0 Å². The molecule has 0 aliphatic rings. The molecule has 0 saturated heterocycles. The summed E-state index contributed by atoms with van der Waals surface area (Å²) in [7, 11) is 5.03. The molecule has 17 heavy (non-hydrogen) atoms. The van der Waals surface area contributed by atoms with E-state index in [4.69, 9.17) is 9.47 Å². The fourth-order valence-electron chi connectivity index (χ4n) is 1.95. The van der Waals surface area contributed by atoms with Gasteiger partial charge in [-0.2, -0.15) is 0 Å². The van der Waals surface area contributed by atoms with Gasteiger partial charge in [0.15, 0.2) is 0 Å². The van der Waals surface area contributed by atoms with E-state index in [0.717, 1.165) is 11.3 Å². The minimum atomic E-state index is -0.878. The molecule has 1 unspecified atom stereocenters. The van der Waals surface area contributed by atoms with Gasteiger partial charge in [-0.1, -0.05) is 0 Å². The minimum absolute atomic E-state index is 0.205. The average molecular weight is 239 g/mol. The van der Waals surface area contributed by atoms with Gasteiger partial charge in [0.25, 0.3) is 0 Å². The first kappa shape index (κ1) is 13.8. The van der Waals surface area contributed by atoms with Crippen molar-refractivity contribution in [3.05, 3.63) is 23.8 Å². The Morgan fingerprint density at radius 1 is 1.24 bits per heavy atom. The summed E-state index contributed by atoms with van der Waals surface area (Å²) in [6.07, 6.45) is 0. The van der Waals surface area contributed by atoms with Gasteiger partial charge in [-0.15, -0.1) is 0 Å². The summed E-state index contributed by atoms with van der Waals surface area (Å²) >= 11 is 0. The number of likely N-dealkylation sites (N-methyl/N-ethyl adjacent to an activating group) is 1. The highest BCUT2D eigenvalue weighted by Gasteiger charge is 2.29. The fraction of sp³-hybridized carbons (Fsp3) is 0.538. The third kappa shape index (κ3) is 3.11. The van der Waals surface area contributed by atoms with E-state index in [1.165, 1.54) is 0 Å². The molecule has 4 nitrogen and oxygen atoms in total. The number of methoxy groups -OCH3 is 2. The van der Waals surface area contributed by atoms with Gasteiger partial charge < -0.3 is 19.9 Å². The smallest absolute Gasteiger partial charge is 0.127 e. The number of aliphatic hydroxyl groups is 1. The van der Waals surface area contributed by atoms with Crippen molar-refractivity contribution >= 4 is 0 Å². The summed E-state index contributed by atoms with van der Waals surface area (Å²) in [5.74, 6) is 1.43. The second-order valence-electron chi connectivity index (χ2n) is 4.48. The van der Waals surface area contributed by atoms with Crippen LogP contribution in [0.25, 0.3) is 0 Å². The highest BCUT2D eigenvalue weighted by atomic mass is 16.5. The molecule has 0 spiro atoms. The second-order valence-corrected chi connectivity index (χ2v) is 4.48. The van der Waals surface area contributed by atoms with Crippen LogP contribution in [-0.4, -0.2) is 32.0 Å². The van der Waals surface area contributed by atoms with Gasteiger partial charge in [0.1, 0.15) is 11.5 Å². The Balaban J connectivity index is 3.20. The zero-order chi connectivity index (χ0) is 13.1. The Morgan fingerprint density at radius 2 is 1.88 bits per heavy atom. The monoisotopic (exact) mass is 239 g/mol. The lowest BCUT2D eigenvalue weighted by Gasteiger charge is -2.30. The van der Waals surface area contributed by atoms with Crippen LogP contribution in [0.4, 0.5) is 0 Å². The lowest BCUT2D eigenvalue weighted by atomic mass is 9.91. The van der Waals surface area contributed by atoms with Crippen molar-refractivity contribution in [2.24, 2.45) is 0 Å². The van der Waals surface area contributed by atoms with Crippen LogP contribution in [0.5, 0.6) is 11.5 Å². The van der Waals surface area contributed by atoms with Crippen molar-refractivity contribution in [2.75, 3.05) is 21.3 Å². The maximum absolute atomic E-state index is 10.1. The normalized spacial score (nSPS) is 13.3. The third-order valence-electron chi connectivity index (χ3n) is 2.75. The highest BCUT2D eigenvalue weighted by Crippen LogP contribution is 2.34. The van der Waals surface area contributed by atoms with Crippen LogP contribution in [0.15, 0.2) is 18.2 Å². The summed E-state index contributed by atoms with van der Waals surface area (Å²) in [6.45, 7) is 3.52. The molecule has 0 fully saturated rings. The van der Waals surface area contributed by atoms with Crippen LogP contribution < -0.4 is 14.8 Å². The fourth-order valence-corrected chi connectivity index (χ4v) is 1.95. The zero-order valence-corrected chi connectivity index (χ0v) is 11.1. The topological polar surface area (TPSA) is 50.7 Å². The molecular weight excluding hydrogens is 218 g/mol. The van der Waals surface area contributed by atoms with E-state index >= 15 is 0 Å². The number of hydrogen-bond acceptors (Lipinski definition) is 4. The van der Waals surface area contributed by atoms with Gasteiger partial charge in [0.05, 0.1) is 25.9 Å². The molecule has 0 saturated carbocycles. The van der Waals surface area contributed by atoms with E-state index < -0.39 is 5.60 Å². The van der Waals surface area contributed by atoms with Gasteiger partial charge in [-0.25, -0.2) is 0 Å². The molecule has 1 aromatic carbocycles. The Hall–Kier alpha value is -1.26. The van der Waals surface area contributed by atoms with Crippen LogP contribution in [-0.2, 0) is 0 Å². The Morgan fingerprint density at radius 3 is 2.29 bits per heavy atom. The molecule has 0 aromatic heterocycles. The van der Waals surface area contributed by atoms with E-state index in [2.05, 4.69) is 5.32 Å². The lowest BCUT2D eigenvalue weighted by molar-refractivity contribution is 0.0391. The van der Waals surface area contributed by atoms with Crippen LogP contribution in [0.1, 0.15) is 25.5 Å². The van der Waals surface area contributed by atoms with Crippen LogP contribution in [0.2, 0.25) is 0 Å². The molecule has 0 aliphatic heterocycles. The van der Waals surface area contributed by atoms with Crippen molar-refractivity contribution in [2.45, 2.75) is 25.5 Å². The maximum Gasteiger partial charge on any atom is 0.127 e. The molecule has 0 bridgehead atoms. The van der Waals surface area contributed by atoms with Crippen molar-refractivity contribution in [3.8, 4) is 11.5 Å². The van der Waals surface area contributed by atoms with Crippen molar-refractivity contribution in [3.63, 3.8) is 0 Å². The molecule has 0 heterocycles. The predicted octanol–water partition coefficient (Wildman–Crippen LogP) is 1.74. The SMILES string of the molecule is CNC(c1ccc(OC)cc1OC)C(C)(C)O. The molecule has 96 valence electrons. The number of hydrogen-bond donors (Lipinski definition) is 2. The first-order valence-electron chi connectivity index (χ1n) is 5.55. The summed E-state index contributed by atoms with van der Waals surface area (Å²) in [4.78, 5) is 0. The van der Waals surface area contributed by atoms with Gasteiger partial charge in [-0.05, 0) is 33.0 Å². The van der Waals surface area contributed by atoms with E-state index in [9.17, 15) is 5.11 Å². The quantitative estimate of drug-likeness (QED) is 0.821. The lowest BCUT2D eigenvalue weighted by Crippen LogP contribution is -2.37. The summed E-state index contributed by atoms with van der Waals surface area (Å²) < 4.78 is 10.5. The van der Waals surface area contributed by atoms with Gasteiger partial charge >= 0.3 is 0 Å². The zero-order valence-electron chi connectivity index (χ0n) is 11.1. The molecule has 0 aliphatic carbocycles. The summed E-state index contributed by atoms with van der Waals surface area (Å²) in [5.41, 5.74) is 0.0275. The van der Waals surface area contributed by atoms with Crippen molar-refractivity contribution < 1.29 is 14.6 Å². The first-order valence-corrected chi connectivity index (χ1v) is 5.55. The molecule has 2 N–H and O–H groups in total. The van der Waals surface area contributed by atoms with E-state index in [-0.39, 0.29) is 6.04 Å². The third-order valence-corrected chi connectivity index (χ3v) is 2.75. The Kier molecular flexibility index (Phi) is 4.37. The van der Waals surface area contributed by atoms with Crippen LogP contribution >= 0.6 is 0 Å². The minimum Gasteiger partial charge on any atom is -0.497 e. The Bertz CT molecular complexity index is 371. The first-order chi connectivity index (χ1) is 7.93. The van der Waals surface area contributed by atoms with Crippen molar-refractivity contribution in [1.29, 1.82) is 0 Å². The van der Waals surface area contributed by atoms with E-state index in [1.54, 1.807) is 28.1 Å². The Labute approximate surface area is 103 Å². The van der Waals surface area contributed by atoms with E-state index in [0.29, 0.717) is 5.75 Å². The molecule has 0 amide bonds. The molecule has 1 aromatic rings. The second kappa shape index (κ2) is 5.38. The highest BCUT2D eigenvalue weighted by molar-refractivity contribution is 5.43. The van der Waals surface area contributed by atoms with Crippen LogP contribution in [0.3, 0.4) is 0 Å². The largest absolute Gasteiger partial charge is 0.497 e. The van der Waals surface area contributed by atoms with E-state index in [1.807, 2.05) is 25.2 Å². The predicted molar refractivity (Wildman–Crippen MR) is 67.6 cm³/mol. The average Bonchev–Trinajstić information content (AvgIpc) is 2.28. The number of nitrogens with one attached hydrogen (secondary N) is 1. The molecule has 1 rings (SSSR count). The number of rotatable bonds is 5. The maximum atomic E-state index is 10.1. The van der Waals surface area contributed by atoms with Gasteiger partial charge in [-0.3, -0.25) is 0 Å². The summed E-state index contributed by atoms with van der Waals surface area (Å²) in [6, 6.07) is 5.36.